The van der Waals surface area contributed by atoms with E-state index in [0.717, 1.165) is 10.0 Å². The van der Waals surface area contributed by atoms with E-state index in [4.69, 9.17) is 9.47 Å². The molecule has 2 atom stereocenters. The van der Waals surface area contributed by atoms with Crippen LogP contribution in [0.4, 0.5) is 4.79 Å². The molecule has 0 spiro atoms. The van der Waals surface area contributed by atoms with Gasteiger partial charge in [-0.1, -0.05) is 0 Å². The van der Waals surface area contributed by atoms with E-state index < -0.39 is 5.60 Å². The molecule has 2 heterocycles. The Balaban J connectivity index is 2.20. The molecule has 0 radical (unpaired) electrons. The van der Waals surface area contributed by atoms with Gasteiger partial charge in [-0.15, -0.1) is 0 Å². The second-order valence-electron chi connectivity index (χ2n) is 6.53. The van der Waals surface area contributed by atoms with Crippen molar-refractivity contribution in [2.45, 2.75) is 39.2 Å². The van der Waals surface area contributed by atoms with Crippen molar-refractivity contribution in [3.8, 4) is 0 Å². The highest BCUT2D eigenvalue weighted by Crippen LogP contribution is 2.39. The minimum Gasteiger partial charge on any atom is -0.466 e. The van der Waals surface area contributed by atoms with Gasteiger partial charge in [0.15, 0.2) is 0 Å². The van der Waals surface area contributed by atoms with Crippen molar-refractivity contribution in [1.82, 2.24) is 4.90 Å². The van der Waals surface area contributed by atoms with Gasteiger partial charge in [-0.05, 0) is 54.6 Å². The molecule has 1 amide bonds. The zero-order chi connectivity index (χ0) is 17.2. The van der Waals surface area contributed by atoms with E-state index in [2.05, 4.69) is 15.9 Å². The molecule has 5 nitrogen and oxygen atoms in total. The lowest BCUT2D eigenvalue weighted by molar-refractivity contribution is -0.147. The SMILES string of the molecule is CCOC(=O)[C@H]1CN(C(=O)OC(C)(C)C)C[C@H]1c1cscc1Br. The topological polar surface area (TPSA) is 55.8 Å². The Morgan fingerprint density at radius 3 is 2.57 bits per heavy atom. The number of hydrogen-bond acceptors (Lipinski definition) is 5. The second-order valence-corrected chi connectivity index (χ2v) is 8.12. The summed E-state index contributed by atoms with van der Waals surface area (Å²) in [5, 5.41) is 3.99. The second kappa shape index (κ2) is 7.21. The van der Waals surface area contributed by atoms with Crippen LogP contribution in [-0.4, -0.2) is 42.3 Å². The van der Waals surface area contributed by atoms with Crippen LogP contribution in [0.3, 0.4) is 0 Å². The van der Waals surface area contributed by atoms with E-state index >= 15 is 0 Å². The Labute approximate surface area is 149 Å². The lowest BCUT2D eigenvalue weighted by Gasteiger charge is -2.24. The first-order valence-corrected chi connectivity index (χ1v) is 9.32. The molecule has 0 bridgehead atoms. The number of carbonyl (C=O) groups excluding carboxylic acids is 2. The van der Waals surface area contributed by atoms with E-state index in [1.807, 2.05) is 31.5 Å². The van der Waals surface area contributed by atoms with Gasteiger partial charge in [0.05, 0.1) is 12.5 Å². The van der Waals surface area contributed by atoms with Gasteiger partial charge in [0.2, 0.25) is 0 Å². The van der Waals surface area contributed by atoms with Crippen LogP contribution >= 0.6 is 27.3 Å². The molecule has 1 aliphatic heterocycles. The van der Waals surface area contributed by atoms with Crippen molar-refractivity contribution in [3.05, 3.63) is 20.8 Å². The van der Waals surface area contributed by atoms with E-state index in [0.29, 0.717) is 19.7 Å². The highest BCUT2D eigenvalue weighted by molar-refractivity contribution is 9.10. The highest BCUT2D eigenvalue weighted by atomic mass is 79.9. The summed E-state index contributed by atoms with van der Waals surface area (Å²) in [7, 11) is 0. The summed E-state index contributed by atoms with van der Waals surface area (Å²) in [4.78, 5) is 26.2. The number of nitrogens with zero attached hydrogens (tertiary/aromatic N) is 1. The fourth-order valence-corrected chi connectivity index (χ4v) is 4.29. The lowest BCUT2D eigenvalue weighted by atomic mass is 9.91. The first kappa shape index (κ1) is 18.3. The molecule has 7 heteroatoms. The molecule has 0 aliphatic carbocycles. The minimum absolute atomic E-state index is 0.0813. The summed E-state index contributed by atoms with van der Waals surface area (Å²) in [6.45, 7) is 8.38. The highest BCUT2D eigenvalue weighted by Gasteiger charge is 2.43. The number of carbonyl (C=O) groups is 2. The van der Waals surface area contributed by atoms with Crippen LogP contribution in [0.5, 0.6) is 0 Å². The average molecular weight is 404 g/mol. The van der Waals surface area contributed by atoms with Crippen molar-refractivity contribution in [3.63, 3.8) is 0 Å². The largest absolute Gasteiger partial charge is 0.466 e. The maximum Gasteiger partial charge on any atom is 0.410 e. The number of hydrogen-bond donors (Lipinski definition) is 0. The van der Waals surface area contributed by atoms with E-state index in [1.54, 1.807) is 23.2 Å². The zero-order valence-electron chi connectivity index (χ0n) is 13.8. The summed E-state index contributed by atoms with van der Waals surface area (Å²) in [5.74, 6) is -0.711. The molecule has 0 aromatic carbocycles. The fourth-order valence-electron chi connectivity index (χ4n) is 2.64. The number of halogens is 1. The smallest absolute Gasteiger partial charge is 0.410 e. The third kappa shape index (κ3) is 4.47. The number of ether oxygens (including phenoxy) is 2. The Morgan fingerprint density at radius 2 is 2.04 bits per heavy atom. The monoisotopic (exact) mass is 403 g/mol. The van der Waals surface area contributed by atoms with E-state index in [-0.39, 0.29) is 23.9 Å². The first-order valence-electron chi connectivity index (χ1n) is 7.59. The van der Waals surface area contributed by atoms with Crippen LogP contribution in [-0.2, 0) is 14.3 Å². The number of rotatable bonds is 3. The van der Waals surface area contributed by atoms with Crippen LogP contribution in [0.1, 0.15) is 39.2 Å². The normalized spacial score (nSPS) is 21.3. The number of likely N-dealkylation sites (tertiary alicyclic amines) is 1. The summed E-state index contributed by atoms with van der Waals surface area (Å²) in [5.41, 5.74) is 0.483. The van der Waals surface area contributed by atoms with Crippen LogP contribution in [0.2, 0.25) is 0 Å². The quantitative estimate of drug-likeness (QED) is 0.714. The van der Waals surface area contributed by atoms with Crippen molar-refractivity contribution < 1.29 is 19.1 Å². The van der Waals surface area contributed by atoms with Crippen molar-refractivity contribution >= 4 is 39.3 Å². The molecule has 1 saturated heterocycles. The molecule has 23 heavy (non-hydrogen) atoms. The standard InChI is InChI=1S/C16H22BrNO4S/c1-5-21-14(19)11-7-18(15(20)22-16(2,3)4)6-10(11)12-8-23-9-13(12)17/h8-11H,5-7H2,1-4H3/t10-,11+/m1/s1. The predicted molar refractivity (Wildman–Crippen MR) is 92.7 cm³/mol. The molecule has 1 aromatic rings. The zero-order valence-corrected chi connectivity index (χ0v) is 16.2. The van der Waals surface area contributed by atoms with E-state index in [9.17, 15) is 9.59 Å². The third-order valence-corrected chi connectivity index (χ3v) is 5.35. The van der Waals surface area contributed by atoms with Crippen molar-refractivity contribution in [1.29, 1.82) is 0 Å². The van der Waals surface area contributed by atoms with Crippen LogP contribution in [0.25, 0.3) is 0 Å². The minimum atomic E-state index is -0.558. The molecule has 0 unspecified atom stereocenters. The van der Waals surface area contributed by atoms with Crippen LogP contribution < -0.4 is 0 Å². The van der Waals surface area contributed by atoms with Gasteiger partial charge in [-0.25, -0.2) is 4.79 Å². The molecular weight excluding hydrogens is 382 g/mol. The summed E-state index contributed by atoms with van der Waals surface area (Å²) in [6.07, 6.45) is -0.388. The summed E-state index contributed by atoms with van der Waals surface area (Å²) >= 11 is 5.09. The third-order valence-electron chi connectivity index (χ3n) is 3.60. The average Bonchev–Trinajstić information content (AvgIpc) is 3.02. The summed E-state index contributed by atoms with van der Waals surface area (Å²) in [6, 6.07) is 0. The molecule has 2 rings (SSSR count). The van der Waals surface area contributed by atoms with Crippen LogP contribution in [0.15, 0.2) is 15.2 Å². The Kier molecular flexibility index (Phi) is 5.73. The molecule has 128 valence electrons. The van der Waals surface area contributed by atoms with Crippen molar-refractivity contribution in [2.24, 2.45) is 5.92 Å². The van der Waals surface area contributed by atoms with Gasteiger partial charge in [-0.3, -0.25) is 4.79 Å². The Hall–Kier alpha value is -1.08. The molecule has 0 N–H and O–H groups in total. The molecule has 0 saturated carbocycles. The van der Waals surface area contributed by atoms with Gasteiger partial charge in [0.25, 0.3) is 0 Å². The predicted octanol–water partition coefficient (Wildman–Crippen LogP) is 4.02. The first-order chi connectivity index (χ1) is 10.7. The number of thiophene rings is 1. The summed E-state index contributed by atoms with van der Waals surface area (Å²) < 4.78 is 11.6. The van der Waals surface area contributed by atoms with Crippen LogP contribution in [0, 0.1) is 5.92 Å². The van der Waals surface area contributed by atoms with Gasteiger partial charge < -0.3 is 14.4 Å². The lowest BCUT2D eigenvalue weighted by Crippen LogP contribution is -2.36. The maximum absolute atomic E-state index is 12.3. The Morgan fingerprint density at radius 1 is 1.35 bits per heavy atom. The molecular formula is C16H22BrNO4S. The number of esters is 1. The Bertz CT molecular complexity index is 581. The van der Waals surface area contributed by atoms with Gasteiger partial charge >= 0.3 is 12.1 Å². The van der Waals surface area contributed by atoms with Gasteiger partial charge in [0, 0.05) is 28.9 Å². The van der Waals surface area contributed by atoms with Crippen molar-refractivity contribution in [2.75, 3.05) is 19.7 Å². The molecule has 1 aromatic heterocycles. The molecule has 1 aliphatic rings. The van der Waals surface area contributed by atoms with E-state index in [1.165, 1.54) is 0 Å². The number of amides is 1. The maximum atomic E-state index is 12.3. The van der Waals surface area contributed by atoms with Gasteiger partial charge in [0.1, 0.15) is 5.60 Å². The molecule has 1 fully saturated rings. The van der Waals surface area contributed by atoms with Gasteiger partial charge in [-0.2, -0.15) is 11.3 Å². The fraction of sp³-hybridized carbons (Fsp3) is 0.625.